The number of aliphatic hydroxyl groups is 1. The van der Waals surface area contributed by atoms with Gasteiger partial charge < -0.3 is 20.5 Å². The van der Waals surface area contributed by atoms with Gasteiger partial charge in [0.05, 0.1) is 24.9 Å². The van der Waals surface area contributed by atoms with Gasteiger partial charge in [-0.25, -0.2) is 4.98 Å². The van der Waals surface area contributed by atoms with Crippen molar-refractivity contribution in [3.8, 4) is 0 Å². The number of carbonyl (C=O) groups excluding carboxylic acids is 2. The van der Waals surface area contributed by atoms with E-state index in [1.165, 1.54) is 18.6 Å². The third-order valence-electron chi connectivity index (χ3n) is 5.40. The van der Waals surface area contributed by atoms with Gasteiger partial charge in [0, 0.05) is 24.9 Å². The van der Waals surface area contributed by atoms with Crippen LogP contribution in [0, 0.1) is 5.92 Å². The highest BCUT2D eigenvalue weighted by Crippen LogP contribution is 2.26. The van der Waals surface area contributed by atoms with Gasteiger partial charge in [0.2, 0.25) is 5.91 Å². The van der Waals surface area contributed by atoms with E-state index in [1.807, 2.05) is 0 Å². The van der Waals surface area contributed by atoms with Gasteiger partial charge in [0.15, 0.2) is 0 Å². The number of amides is 2. The topological polar surface area (TPSA) is 113 Å². The molecule has 2 aliphatic rings. The quantitative estimate of drug-likeness (QED) is 0.649. The van der Waals surface area contributed by atoms with Crippen LogP contribution < -0.4 is 10.6 Å². The summed E-state index contributed by atoms with van der Waals surface area (Å²) in [6.07, 6.45) is 10.3. The van der Waals surface area contributed by atoms with E-state index < -0.39 is 6.10 Å². The third-order valence-corrected chi connectivity index (χ3v) is 5.40. The molecule has 1 aliphatic heterocycles. The zero-order chi connectivity index (χ0) is 19.1. The van der Waals surface area contributed by atoms with Crippen molar-refractivity contribution in [2.24, 2.45) is 5.92 Å². The van der Waals surface area contributed by atoms with Crippen molar-refractivity contribution in [3.63, 3.8) is 0 Å². The molecule has 3 rings (SSSR count). The Hall–Kier alpha value is -2.06. The summed E-state index contributed by atoms with van der Waals surface area (Å²) in [4.78, 5) is 32.1. The van der Waals surface area contributed by atoms with Crippen LogP contribution in [-0.2, 0) is 9.53 Å². The number of aromatic nitrogens is 2. The maximum absolute atomic E-state index is 12.3. The summed E-state index contributed by atoms with van der Waals surface area (Å²) >= 11 is 0. The lowest BCUT2D eigenvalue weighted by Crippen LogP contribution is -2.52. The first-order valence-electron chi connectivity index (χ1n) is 9.78. The molecule has 1 aromatic rings. The molecular formula is C19H28N4O4. The minimum Gasteiger partial charge on any atom is -0.394 e. The van der Waals surface area contributed by atoms with Crippen LogP contribution in [0.25, 0.3) is 0 Å². The van der Waals surface area contributed by atoms with E-state index in [1.54, 1.807) is 0 Å². The van der Waals surface area contributed by atoms with Crippen LogP contribution in [0.4, 0.5) is 0 Å². The summed E-state index contributed by atoms with van der Waals surface area (Å²) in [6, 6.07) is -0.145. The smallest absolute Gasteiger partial charge is 0.271 e. The average molecular weight is 376 g/mol. The molecule has 2 fully saturated rings. The van der Waals surface area contributed by atoms with Crippen LogP contribution in [0.3, 0.4) is 0 Å². The Balaban J connectivity index is 1.41. The van der Waals surface area contributed by atoms with Crippen LogP contribution in [-0.4, -0.2) is 58.3 Å². The predicted octanol–water partition coefficient (Wildman–Crippen LogP) is 0.811. The Kier molecular flexibility index (Phi) is 7.11. The fourth-order valence-electron chi connectivity index (χ4n) is 3.85. The van der Waals surface area contributed by atoms with Crippen molar-refractivity contribution in [2.45, 2.75) is 63.2 Å². The molecule has 1 saturated heterocycles. The second-order valence-corrected chi connectivity index (χ2v) is 7.29. The largest absolute Gasteiger partial charge is 0.394 e. The number of hydrogen-bond acceptors (Lipinski definition) is 6. The normalized spacial score (nSPS) is 25.9. The first-order valence-corrected chi connectivity index (χ1v) is 9.78. The van der Waals surface area contributed by atoms with Crippen LogP contribution in [0.15, 0.2) is 18.6 Å². The van der Waals surface area contributed by atoms with Gasteiger partial charge in [-0.15, -0.1) is 0 Å². The van der Waals surface area contributed by atoms with E-state index in [2.05, 4.69) is 20.6 Å². The summed E-state index contributed by atoms with van der Waals surface area (Å²) in [5.74, 6) is -0.0630. The van der Waals surface area contributed by atoms with Crippen LogP contribution >= 0.6 is 0 Å². The molecule has 0 bridgehead atoms. The SMILES string of the molecule is O=C(NCC[C@H]1CC[C@H](NC(=O)C2CCCC2)[C@@H](CO)O1)c1cnccn1. The van der Waals surface area contributed by atoms with Gasteiger partial charge in [-0.1, -0.05) is 12.8 Å². The molecule has 1 aromatic heterocycles. The number of nitrogens with zero attached hydrogens (tertiary/aromatic N) is 2. The highest BCUT2D eigenvalue weighted by Gasteiger charge is 2.33. The molecule has 3 atom stereocenters. The standard InChI is InChI=1S/C19H28N4O4/c24-12-17-15(23-18(25)13-3-1-2-4-13)6-5-14(27-17)7-8-22-19(26)16-11-20-9-10-21-16/h9-11,13-15,17,24H,1-8,12H2,(H,22,26)(H,23,25)/t14-,15+,17-/m1/s1. The van der Waals surface area contributed by atoms with Crippen molar-refractivity contribution >= 4 is 11.8 Å². The maximum Gasteiger partial charge on any atom is 0.271 e. The minimum atomic E-state index is -0.398. The third kappa shape index (κ3) is 5.46. The Bertz CT molecular complexity index is 621. The molecule has 2 amide bonds. The predicted molar refractivity (Wildman–Crippen MR) is 97.9 cm³/mol. The second-order valence-electron chi connectivity index (χ2n) is 7.29. The molecule has 0 unspecified atom stereocenters. The number of hydrogen-bond donors (Lipinski definition) is 3. The van der Waals surface area contributed by atoms with Crippen molar-refractivity contribution < 1.29 is 19.4 Å². The molecule has 148 valence electrons. The zero-order valence-electron chi connectivity index (χ0n) is 15.5. The van der Waals surface area contributed by atoms with Gasteiger partial charge in [-0.3, -0.25) is 14.6 Å². The van der Waals surface area contributed by atoms with Gasteiger partial charge in [0.25, 0.3) is 5.91 Å². The lowest BCUT2D eigenvalue weighted by Gasteiger charge is -2.36. The molecule has 2 heterocycles. The average Bonchev–Trinajstić information content (AvgIpc) is 3.24. The number of aliphatic hydroxyl groups excluding tert-OH is 1. The van der Waals surface area contributed by atoms with Crippen LogP contribution in [0.5, 0.6) is 0 Å². The van der Waals surface area contributed by atoms with Crippen molar-refractivity contribution in [1.82, 2.24) is 20.6 Å². The molecule has 0 radical (unpaired) electrons. The lowest BCUT2D eigenvalue weighted by atomic mass is 9.96. The maximum atomic E-state index is 12.3. The van der Waals surface area contributed by atoms with Crippen LogP contribution in [0.2, 0.25) is 0 Å². The fourth-order valence-corrected chi connectivity index (χ4v) is 3.85. The lowest BCUT2D eigenvalue weighted by molar-refractivity contribution is -0.131. The summed E-state index contributed by atoms with van der Waals surface area (Å²) in [6.45, 7) is 0.329. The highest BCUT2D eigenvalue weighted by atomic mass is 16.5. The Labute approximate surface area is 159 Å². The van der Waals surface area contributed by atoms with Crippen molar-refractivity contribution in [3.05, 3.63) is 24.3 Å². The molecule has 8 heteroatoms. The Morgan fingerprint density at radius 2 is 2.00 bits per heavy atom. The zero-order valence-corrected chi connectivity index (χ0v) is 15.5. The number of nitrogens with one attached hydrogen (secondary N) is 2. The molecule has 1 aliphatic carbocycles. The number of rotatable bonds is 7. The summed E-state index contributed by atoms with van der Waals surface area (Å²) in [5.41, 5.74) is 0.282. The molecule has 27 heavy (non-hydrogen) atoms. The first-order chi connectivity index (χ1) is 13.2. The molecule has 8 nitrogen and oxygen atoms in total. The fraction of sp³-hybridized carbons (Fsp3) is 0.684. The summed E-state index contributed by atoms with van der Waals surface area (Å²) in [7, 11) is 0. The van der Waals surface area contributed by atoms with E-state index in [4.69, 9.17) is 4.74 Å². The highest BCUT2D eigenvalue weighted by molar-refractivity contribution is 5.91. The summed E-state index contributed by atoms with van der Waals surface area (Å²) in [5, 5.41) is 15.5. The Morgan fingerprint density at radius 1 is 1.19 bits per heavy atom. The van der Waals surface area contributed by atoms with E-state index >= 15 is 0 Å². The van der Waals surface area contributed by atoms with E-state index in [-0.39, 0.29) is 42.2 Å². The molecule has 0 spiro atoms. The van der Waals surface area contributed by atoms with Crippen molar-refractivity contribution in [2.75, 3.05) is 13.2 Å². The minimum absolute atomic E-state index is 0.0519. The van der Waals surface area contributed by atoms with Gasteiger partial charge in [-0.05, 0) is 32.1 Å². The number of ether oxygens (including phenoxy) is 1. The molecular weight excluding hydrogens is 348 g/mol. The first kappa shape index (κ1) is 19.7. The molecule has 1 saturated carbocycles. The van der Waals surface area contributed by atoms with Crippen LogP contribution in [0.1, 0.15) is 55.4 Å². The Morgan fingerprint density at radius 3 is 2.70 bits per heavy atom. The monoisotopic (exact) mass is 376 g/mol. The molecule has 3 N–H and O–H groups in total. The summed E-state index contributed by atoms with van der Waals surface area (Å²) < 4.78 is 5.96. The van der Waals surface area contributed by atoms with Gasteiger partial charge in [0.1, 0.15) is 11.8 Å². The van der Waals surface area contributed by atoms with Crippen molar-refractivity contribution in [1.29, 1.82) is 0 Å². The van der Waals surface area contributed by atoms with Gasteiger partial charge >= 0.3 is 0 Å². The van der Waals surface area contributed by atoms with E-state index in [0.29, 0.717) is 13.0 Å². The number of carbonyl (C=O) groups is 2. The van der Waals surface area contributed by atoms with Gasteiger partial charge in [-0.2, -0.15) is 0 Å². The molecule has 0 aromatic carbocycles. The second kappa shape index (κ2) is 9.75. The van der Waals surface area contributed by atoms with E-state index in [0.717, 1.165) is 38.5 Å². The van der Waals surface area contributed by atoms with E-state index in [9.17, 15) is 14.7 Å².